The van der Waals surface area contributed by atoms with Crippen LogP contribution in [0.2, 0.25) is 5.02 Å². The Labute approximate surface area is 102 Å². The molecule has 16 heavy (non-hydrogen) atoms. The summed E-state index contributed by atoms with van der Waals surface area (Å²) in [5, 5.41) is 0.714. The van der Waals surface area contributed by atoms with Gasteiger partial charge < -0.3 is 10.5 Å². The second-order valence-electron chi connectivity index (χ2n) is 4.50. The minimum absolute atomic E-state index is 0.0462. The highest BCUT2D eigenvalue weighted by molar-refractivity contribution is 6.30. The fourth-order valence-electron chi connectivity index (χ4n) is 2.17. The minimum Gasteiger partial charge on any atom is -0.490 e. The van der Waals surface area contributed by atoms with Crippen molar-refractivity contribution >= 4 is 11.6 Å². The Balaban J connectivity index is 2.18. The molecule has 1 saturated carbocycles. The summed E-state index contributed by atoms with van der Waals surface area (Å²) in [7, 11) is 0. The zero-order valence-corrected chi connectivity index (χ0v) is 10.3. The van der Waals surface area contributed by atoms with Gasteiger partial charge in [-0.3, -0.25) is 0 Å². The standard InChI is InChI=1S/C13H18ClNO/c1-9(15)12-8-10(14)6-7-13(12)16-11-4-2-3-5-11/h6-9,11H,2-5,15H2,1H3/t9-/m0/s1. The van der Waals surface area contributed by atoms with Crippen molar-refractivity contribution in [2.45, 2.75) is 44.8 Å². The molecule has 1 aromatic rings. The van der Waals surface area contributed by atoms with E-state index >= 15 is 0 Å². The van der Waals surface area contributed by atoms with Crippen molar-refractivity contribution in [1.82, 2.24) is 0 Å². The fourth-order valence-corrected chi connectivity index (χ4v) is 2.35. The summed E-state index contributed by atoms with van der Waals surface area (Å²) < 4.78 is 5.98. The summed E-state index contributed by atoms with van der Waals surface area (Å²) in [4.78, 5) is 0. The molecule has 2 N–H and O–H groups in total. The Hall–Kier alpha value is -0.730. The van der Waals surface area contributed by atoms with Crippen molar-refractivity contribution < 1.29 is 4.74 Å². The van der Waals surface area contributed by atoms with Gasteiger partial charge in [0.15, 0.2) is 0 Å². The Morgan fingerprint density at radius 1 is 1.38 bits per heavy atom. The number of hydrogen-bond acceptors (Lipinski definition) is 2. The van der Waals surface area contributed by atoms with E-state index in [9.17, 15) is 0 Å². The summed E-state index contributed by atoms with van der Waals surface area (Å²) in [5.74, 6) is 0.895. The smallest absolute Gasteiger partial charge is 0.124 e. The molecule has 0 aromatic heterocycles. The second-order valence-corrected chi connectivity index (χ2v) is 4.93. The Morgan fingerprint density at radius 3 is 2.69 bits per heavy atom. The Morgan fingerprint density at radius 2 is 2.06 bits per heavy atom. The van der Waals surface area contributed by atoms with Gasteiger partial charge in [-0.2, -0.15) is 0 Å². The van der Waals surface area contributed by atoms with E-state index in [1.165, 1.54) is 12.8 Å². The lowest BCUT2D eigenvalue weighted by Crippen LogP contribution is -2.14. The number of halogens is 1. The summed E-state index contributed by atoms with van der Waals surface area (Å²) in [6.45, 7) is 1.95. The second kappa shape index (κ2) is 5.07. The van der Waals surface area contributed by atoms with Crippen molar-refractivity contribution in [3.8, 4) is 5.75 Å². The maximum absolute atomic E-state index is 5.98. The van der Waals surface area contributed by atoms with Crippen LogP contribution in [-0.2, 0) is 0 Å². The Bertz CT molecular complexity index is 359. The van der Waals surface area contributed by atoms with Crippen LogP contribution in [0.1, 0.15) is 44.2 Å². The van der Waals surface area contributed by atoms with Gasteiger partial charge in [-0.25, -0.2) is 0 Å². The van der Waals surface area contributed by atoms with E-state index < -0.39 is 0 Å². The number of nitrogens with two attached hydrogens (primary N) is 1. The van der Waals surface area contributed by atoms with Gasteiger partial charge in [0, 0.05) is 16.6 Å². The molecule has 1 aliphatic rings. The molecule has 0 aliphatic heterocycles. The van der Waals surface area contributed by atoms with Gasteiger partial charge in [0.05, 0.1) is 6.10 Å². The summed E-state index contributed by atoms with van der Waals surface area (Å²) in [5.41, 5.74) is 6.92. The van der Waals surface area contributed by atoms with Gasteiger partial charge in [-0.15, -0.1) is 0 Å². The van der Waals surface area contributed by atoms with Crippen molar-refractivity contribution in [2.75, 3.05) is 0 Å². The summed E-state index contributed by atoms with van der Waals surface area (Å²) in [6, 6.07) is 5.64. The molecular weight excluding hydrogens is 222 g/mol. The number of rotatable bonds is 3. The van der Waals surface area contributed by atoms with Crippen LogP contribution >= 0.6 is 11.6 Å². The summed E-state index contributed by atoms with van der Waals surface area (Å²) in [6.07, 6.45) is 5.21. The summed E-state index contributed by atoms with van der Waals surface area (Å²) >= 11 is 5.97. The van der Waals surface area contributed by atoms with Gasteiger partial charge in [-0.1, -0.05) is 11.6 Å². The van der Waals surface area contributed by atoms with Gasteiger partial charge in [0.25, 0.3) is 0 Å². The van der Waals surface area contributed by atoms with Crippen LogP contribution in [0.25, 0.3) is 0 Å². The number of ether oxygens (including phenoxy) is 1. The molecule has 2 rings (SSSR count). The molecule has 0 amide bonds. The SMILES string of the molecule is C[C@H](N)c1cc(Cl)ccc1OC1CCCC1. The molecule has 1 aromatic carbocycles. The third-order valence-corrected chi connectivity index (χ3v) is 3.29. The van der Waals surface area contributed by atoms with E-state index in [0.717, 1.165) is 24.2 Å². The van der Waals surface area contributed by atoms with E-state index in [0.29, 0.717) is 11.1 Å². The highest BCUT2D eigenvalue weighted by Crippen LogP contribution is 2.31. The van der Waals surface area contributed by atoms with Gasteiger partial charge >= 0.3 is 0 Å². The lowest BCUT2D eigenvalue weighted by Gasteiger charge is -2.18. The number of hydrogen-bond donors (Lipinski definition) is 1. The van der Waals surface area contributed by atoms with E-state index in [2.05, 4.69) is 0 Å². The molecular formula is C13H18ClNO. The van der Waals surface area contributed by atoms with Crippen molar-refractivity contribution in [3.63, 3.8) is 0 Å². The predicted molar refractivity (Wildman–Crippen MR) is 66.9 cm³/mol. The fraction of sp³-hybridized carbons (Fsp3) is 0.538. The molecule has 0 spiro atoms. The van der Waals surface area contributed by atoms with Crippen LogP contribution in [0.15, 0.2) is 18.2 Å². The first-order valence-electron chi connectivity index (χ1n) is 5.88. The van der Waals surface area contributed by atoms with Crippen molar-refractivity contribution in [1.29, 1.82) is 0 Å². The molecule has 2 nitrogen and oxygen atoms in total. The molecule has 0 radical (unpaired) electrons. The van der Waals surface area contributed by atoms with E-state index in [1.54, 1.807) is 0 Å². The van der Waals surface area contributed by atoms with E-state index in [-0.39, 0.29) is 6.04 Å². The van der Waals surface area contributed by atoms with Gasteiger partial charge in [-0.05, 0) is 50.8 Å². The molecule has 0 bridgehead atoms. The monoisotopic (exact) mass is 239 g/mol. The Kier molecular flexibility index (Phi) is 3.72. The average molecular weight is 240 g/mol. The van der Waals surface area contributed by atoms with Crippen molar-refractivity contribution in [2.24, 2.45) is 5.73 Å². The highest BCUT2D eigenvalue weighted by atomic mass is 35.5. The van der Waals surface area contributed by atoms with Crippen molar-refractivity contribution in [3.05, 3.63) is 28.8 Å². The number of benzene rings is 1. The first-order valence-corrected chi connectivity index (χ1v) is 6.26. The van der Waals surface area contributed by atoms with Crippen LogP contribution < -0.4 is 10.5 Å². The van der Waals surface area contributed by atoms with Crippen LogP contribution in [0.5, 0.6) is 5.75 Å². The molecule has 1 atom stereocenters. The maximum Gasteiger partial charge on any atom is 0.124 e. The molecule has 3 heteroatoms. The molecule has 1 fully saturated rings. The van der Waals surface area contributed by atoms with Gasteiger partial charge in [0.2, 0.25) is 0 Å². The van der Waals surface area contributed by atoms with Gasteiger partial charge in [0.1, 0.15) is 5.75 Å². The molecule has 0 unspecified atom stereocenters. The van der Waals surface area contributed by atoms with E-state index in [1.807, 2.05) is 25.1 Å². The van der Waals surface area contributed by atoms with Crippen LogP contribution in [0.4, 0.5) is 0 Å². The average Bonchev–Trinajstić information content (AvgIpc) is 2.73. The maximum atomic E-state index is 5.98. The van der Waals surface area contributed by atoms with Crippen LogP contribution in [-0.4, -0.2) is 6.10 Å². The zero-order valence-electron chi connectivity index (χ0n) is 9.58. The lowest BCUT2D eigenvalue weighted by atomic mass is 10.1. The first-order chi connectivity index (χ1) is 7.66. The topological polar surface area (TPSA) is 35.2 Å². The highest BCUT2D eigenvalue weighted by Gasteiger charge is 2.18. The zero-order chi connectivity index (χ0) is 11.5. The minimum atomic E-state index is -0.0462. The molecule has 88 valence electrons. The molecule has 0 heterocycles. The quantitative estimate of drug-likeness (QED) is 0.873. The third-order valence-electron chi connectivity index (χ3n) is 3.06. The van der Waals surface area contributed by atoms with Crippen LogP contribution in [0.3, 0.4) is 0 Å². The normalized spacial score (nSPS) is 18.7. The first kappa shape index (κ1) is 11.7. The largest absolute Gasteiger partial charge is 0.490 e. The lowest BCUT2D eigenvalue weighted by molar-refractivity contribution is 0.207. The van der Waals surface area contributed by atoms with E-state index in [4.69, 9.17) is 22.1 Å². The third kappa shape index (κ3) is 2.69. The van der Waals surface area contributed by atoms with Crippen LogP contribution in [0, 0.1) is 0 Å². The predicted octanol–water partition coefficient (Wildman–Crippen LogP) is 3.68. The molecule has 1 aliphatic carbocycles. The molecule has 0 saturated heterocycles.